The summed E-state index contributed by atoms with van der Waals surface area (Å²) in [6.07, 6.45) is 3.66. The largest absolute Gasteiger partial charge is 0.340 e. The summed E-state index contributed by atoms with van der Waals surface area (Å²) < 4.78 is 0. The second kappa shape index (κ2) is 6.41. The molecule has 0 spiro atoms. The zero-order valence-electron chi connectivity index (χ0n) is 13.4. The van der Waals surface area contributed by atoms with Crippen LogP contribution in [0.2, 0.25) is 0 Å². The van der Waals surface area contributed by atoms with Crippen molar-refractivity contribution >= 4 is 16.9 Å². The van der Waals surface area contributed by atoms with Gasteiger partial charge in [-0.15, -0.1) is 0 Å². The minimum Gasteiger partial charge on any atom is -0.340 e. The Labute approximate surface area is 139 Å². The Morgan fingerprint density at radius 3 is 2.54 bits per heavy atom. The Balaban J connectivity index is 1.47. The lowest BCUT2D eigenvalue weighted by molar-refractivity contribution is 0.248. The van der Waals surface area contributed by atoms with Gasteiger partial charge in [-0.2, -0.15) is 0 Å². The fourth-order valence-corrected chi connectivity index (χ4v) is 3.09. The van der Waals surface area contributed by atoms with E-state index in [0.717, 1.165) is 38.2 Å². The Morgan fingerprint density at radius 1 is 1.00 bits per heavy atom. The molecule has 1 aromatic carbocycles. The lowest BCUT2D eigenvalue weighted by Crippen LogP contribution is -2.46. The first-order valence-corrected chi connectivity index (χ1v) is 8.15. The summed E-state index contributed by atoms with van der Waals surface area (Å²) in [6, 6.07) is 11.6. The van der Waals surface area contributed by atoms with Gasteiger partial charge < -0.3 is 4.90 Å². The zero-order valence-corrected chi connectivity index (χ0v) is 13.4. The molecular formula is C18H19N5O. The van der Waals surface area contributed by atoms with Gasteiger partial charge in [0.05, 0.1) is 10.9 Å². The standard InChI is InChI=1S/C18H19N5O/c24-17-15-3-1-2-4-16(15)20-18(21-17)23-11-9-22(10-12-23)13-14-5-7-19-8-6-14/h1-8H,9-13H2,(H,20,21,24). The maximum absolute atomic E-state index is 12.2. The number of hydrogen-bond acceptors (Lipinski definition) is 5. The van der Waals surface area contributed by atoms with Crippen molar-refractivity contribution < 1.29 is 0 Å². The van der Waals surface area contributed by atoms with Gasteiger partial charge >= 0.3 is 0 Å². The number of anilines is 1. The van der Waals surface area contributed by atoms with Gasteiger partial charge in [-0.1, -0.05) is 12.1 Å². The molecule has 0 bridgehead atoms. The van der Waals surface area contributed by atoms with Crippen molar-refractivity contribution in [1.29, 1.82) is 0 Å². The number of fused-ring (bicyclic) bond motifs is 1. The van der Waals surface area contributed by atoms with Gasteiger partial charge in [0.1, 0.15) is 0 Å². The molecule has 2 aromatic heterocycles. The number of H-pyrrole nitrogens is 1. The van der Waals surface area contributed by atoms with E-state index < -0.39 is 0 Å². The number of hydrogen-bond donors (Lipinski definition) is 1. The van der Waals surface area contributed by atoms with Crippen LogP contribution in [0.15, 0.2) is 53.6 Å². The number of pyridine rings is 1. The summed E-state index contributed by atoms with van der Waals surface area (Å²) in [5, 5.41) is 0.637. The Hall–Kier alpha value is -2.73. The van der Waals surface area contributed by atoms with Gasteiger partial charge in [0, 0.05) is 45.1 Å². The van der Waals surface area contributed by atoms with Crippen molar-refractivity contribution in [2.45, 2.75) is 6.54 Å². The molecule has 3 aromatic rings. The Kier molecular flexibility index (Phi) is 3.96. The highest BCUT2D eigenvalue weighted by atomic mass is 16.1. The number of aromatic amines is 1. The molecule has 24 heavy (non-hydrogen) atoms. The molecule has 0 saturated carbocycles. The van der Waals surface area contributed by atoms with E-state index >= 15 is 0 Å². The van der Waals surface area contributed by atoms with E-state index in [0.29, 0.717) is 11.3 Å². The lowest BCUT2D eigenvalue weighted by atomic mass is 10.2. The smallest absolute Gasteiger partial charge is 0.260 e. The number of aromatic nitrogens is 3. The molecule has 1 aliphatic rings. The van der Waals surface area contributed by atoms with Crippen LogP contribution in [0.3, 0.4) is 0 Å². The molecule has 0 radical (unpaired) electrons. The second-order valence-electron chi connectivity index (χ2n) is 6.03. The zero-order chi connectivity index (χ0) is 16.4. The topological polar surface area (TPSA) is 65.1 Å². The summed E-state index contributed by atoms with van der Waals surface area (Å²) in [7, 11) is 0. The van der Waals surface area contributed by atoms with E-state index in [1.54, 1.807) is 6.07 Å². The number of para-hydroxylation sites is 1. The third kappa shape index (κ3) is 3.00. The van der Waals surface area contributed by atoms with Crippen molar-refractivity contribution in [2.24, 2.45) is 0 Å². The Morgan fingerprint density at radius 2 is 1.75 bits per heavy atom. The van der Waals surface area contributed by atoms with Gasteiger partial charge in [0.2, 0.25) is 5.95 Å². The van der Waals surface area contributed by atoms with Gasteiger partial charge in [-0.05, 0) is 29.8 Å². The highest BCUT2D eigenvalue weighted by molar-refractivity contribution is 5.78. The average Bonchev–Trinajstić information content (AvgIpc) is 2.63. The lowest BCUT2D eigenvalue weighted by Gasteiger charge is -2.35. The van der Waals surface area contributed by atoms with Crippen LogP contribution in [0.4, 0.5) is 5.95 Å². The van der Waals surface area contributed by atoms with E-state index in [9.17, 15) is 4.79 Å². The van der Waals surface area contributed by atoms with Gasteiger partial charge in [-0.25, -0.2) is 4.98 Å². The van der Waals surface area contributed by atoms with Crippen molar-refractivity contribution in [3.8, 4) is 0 Å². The first-order chi connectivity index (χ1) is 11.8. The van der Waals surface area contributed by atoms with Crippen molar-refractivity contribution in [3.63, 3.8) is 0 Å². The van der Waals surface area contributed by atoms with Crippen LogP contribution in [0.1, 0.15) is 5.56 Å². The van der Waals surface area contributed by atoms with Gasteiger partial charge in [-0.3, -0.25) is 19.7 Å². The van der Waals surface area contributed by atoms with Crippen LogP contribution in [0, 0.1) is 0 Å². The van der Waals surface area contributed by atoms with Crippen molar-refractivity contribution in [1.82, 2.24) is 19.9 Å². The molecule has 1 aliphatic heterocycles. The summed E-state index contributed by atoms with van der Waals surface area (Å²) in [4.78, 5) is 28.4. The molecule has 1 N–H and O–H groups in total. The van der Waals surface area contributed by atoms with Crippen LogP contribution >= 0.6 is 0 Å². The van der Waals surface area contributed by atoms with E-state index in [-0.39, 0.29) is 5.56 Å². The van der Waals surface area contributed by atoms with Gasteiger partial charge in [0.25, 0.3) is 5.56 Å². The molecule has 6 heteroatoms. The van der Waals surface area contributed by atoms with Crippen LogP contribution in [-0.2, 0) is 6.54 Å². The fourth-order valence-electron chi connectivity index (χ4n) is 3.09. The number of benzene rings is 1. The highest BCUT2D eigenvalue weighted by Crippen LogP contribution is 2.15. The third-order valence-electron chi connectivity index (χ3n) is 4.43. The average molecular weight is 321 g/mol. The van der Waals surface area contributed by atoms with Gasteiger partial charge in [0.15, 0.2) is 0 Å². The first-order valence-electron chi connectivity index (χ1n) is 8.15. The van der Waals surface area contributed by atoms with Crippen LogP contribution in [0.25, 0.3) is 10.9 Å². The van der Waals surface area contributed by atoms with E-state index in [4.69, 9.17) is 0 Å². The number of nitrogens with zero attached hydrogens (tertiary/aromatic N) is 4. The van der Waals surface area contributed by atoms with Crippen LogP contribution in [0.5, 0.6) is 0 Å². The van der Waals surface area contributed by atoms with E-state index in [2.05, 4.69) is 36.9 Å². The SMILES string of the molecule is O=c1[nH]c(N2CCN(Cc3ccncc3)CC2)nc2ccccc12. The molecule has 122 valence electrons. The highest BCUT2D eigenvalue weighted by Gasteiger charge is 2.19. The maximum Gasteiger partial charge on any atom is 0.260 e. The predicted molar refractivity (Wildman–Crippen MR) is 94.1 cm³/mol. The summed E-state index contributed by atoms with van der Waals surface area (Å²) in [5.74, 6) is 0.669. The molecule has 1 fully saturated rings. The third-order valence-corrected chi connectivity index (χ3v) is 4.43. The molecule has 0 atom stereocenters. The van der Waals surface area contributed by atoms with E-state index in [1.165, 1.54) is 5.56 Å². The van der Waals surface area contributed by atoms with Crippen LogP contribution < -0.4 is 10.5 Å². The number of nitrogens with one attached hydrogen (secondary N) is 1. The van der Waals surface area contributed by atoms with Crippen LogP contribution in [-0.4, -0.2) is 46.0 Å². The minimum absolute atomic E-state index is 0.0742. The molecule has 1 saturated heterocycles. The monoisotopic (exact) mass is 321 g/mol. The predicted octanol–water partition coefficient (Wildman–Crippen LogP) is 1.64. The molecule has 0 unspecified atom stereocenters. The fraction of sp³-hybridized carbons (Fsp3) is 0.278. The molecular weight excluding hydrogens is 302 g/mol. The summed E-state index contributed by atoms with van der Waals surface area (Å²) >= 11 is 0. The number of rotatable bonds is 3. The quantitative estimate of drug-likeness (QED) is 0.794. The first kappa shape index (κ1) is 14.8. The molecule has 4 rings (SSSR count). The molecule has 0 amide bonds. The Bertz CT molecular complexity index is 885. The maximum atomic E-state index is 12.2. The second-order valence-corrected chi connectivity index (χ2v) is 6.03. The van der Waals surface area contributed by atoms with E-state index in [1.807, 2.05) is 30.6 Å². The number of piperazine rings is 1. The minimum atomic E-state index is -0.0742. The van der Waals surface area contributed by atoms with Crippen molar-refractivity contribution in [3.05, 3.63) is 64.7 Å². The normalized spacial score (nSPS) is 15.8. The molecule has 6 nitrogen and oxygen atoms in total. The molecule has 3 heterocycles. The summed E-state index contributed by atoms with van der Waals surface area (Å²) in [6.45, 7) is 4.52. The molecule has 0 aliphatic carbocycles. The summed E-state index contributed by atoms with van der Waals surface area (Å²) in [5.41, 5.74) is 1.95. The van der Waals surface area contributed by atoms with Crippen molar-refractivity contribution in [2.75, 3.05) is 31.1 Å².